The summed E-state index contributed by atoms with van der Waals surface area (Å²) in [6, 6.07) is 0.502. The van der Waals surface area contributed by atoms with Gasteiger partial charge in [-0.2, -0.15) is 0 Å². The maximum absolute atomic E-state index is 11.4. The van der Waals surface area contributed by atoms with E-state index in [2.05, 4.69) is 10.6 Å². The molecule has 0 aromatic rings. The molecule has 1 atom stereocenters. The van der Waals surface area contributed by atoms with E-state index in [0.717, 1.165) is 13.0 Å². The van der Waals surface area contributed by atoms with Crippen LogP contribution in [0.25, 0.3) is 0 Å². The van der Waals surface area contributed by atoms with Crippen LogP contribution in [0, 0.1) is 0 Å². The molecule has 80 valence electrons. The number of hydrogen-bond acceptors (Lipinski definition) is 3. The highest BCUT2D eigenvalue weighted by atomic mass is 16.1. The second kappa shape index (κ2) is 3.87. The van der Waals surface area contributed by atoms with Crippen molar-refractivity contribution in [2.75, 3.05) is 13.1 Å². The highest BCUT2D eigenvalue weighted by Gasteiger charge is 2.41. The minimum absolute atomic E-state index is 0.200. The standard InChI is InChI=1S/C10H19N3O/c11-9(14)10(5-6-12-7-10)13-8-3-1-2-4-8/h8,12-13H,1-7H2,(H2,11,14). The molecular formula is C10H19N3O. The van der Waals surface area contributed by atoms with Gasteiger partial charge in [-0.3, -0.25) is 10.1 Å². The van der Waals surface area contributed by atoms with Crippen molar-refractivity contribution in [3.63, 3.8) is 0 Å². The van der Waals surface area contributed by atoms with Crippen LogP contribution in [0.1, 0.15) is 32.1 Å². The van der Waals surface area contributed by atoms with Gasteiger partial charge in [-0.05, 0) is 25.8 Å². The Morgan fingerprint density at radius 2 is 2.14 bits per heavy atom. The first-order valence-corrected chi connectivity index (χ1v) is 5.51. The Hall–Kier alpha value is -0.610. The molecule has 4 heteroatoms. The summed E-state index contributed by atoms with van der Waals surface area (Å²) >= 11 is 0. The molecule has 2 fully saturated rings. The zero-order valence-electron chi connectivity index (χ0n) is 8.51. The van der Waals surface area contributed by atoms with Crippen molar-refractivity contribution in [1.29, 1.82) is 0 Å². The summed E-state index contributed by atoms with van der Waals surface area (Å²) in [4.78, 5) is 11.4. The van der Waals surface area contributed by atoms with E-state index in [1.165, 1.54) is 25.7 Å². The molecule has 0 bridgehead atoms. The van der Waals surface area contributed by atoms with Crippen LogP contribution in [0.4, 0.5) is 0 Å². The van der Waals surface area contributed by atoms with E-state index in [-0.39, 0.29) is 5.91 Å². The van der Waals surface area contributed by atoms with Gasteiger partial charge in [0.25, 0.3) is 0 Å². The lowest BCUT2D eigenvalue weighted by Gasteiger charge is -2.29. The zero-order valence-corrected chi connectivity index (χ0v) is 8.51. The number of nitrogens with one attached hydrogen (secondary N) is 2. The topological polar surface area (TPSA) is 67.2 Å². The molecule has 0 aromatic heterocycles. The lowest BCUT2D eigenvalue weighted by atomic mass is 9.96. The van der Waals surface area contributed by atoms with Gasteiger partial charge >= 0.3 is 0 Å². The molecule has 1 unspecified atom stereocenters. The summed E-state index contributed by atoms with van der Waals surface area (Å²) in [6.45, 7) is 1.58. The number of amides is 1. The average Bonchev–Trinajstić information content (AvgIpc) is 2.76. The highest BCUT2D eigenvalue weighted by Crippen LogP contribution is 2.23. The van der Waals surface area contributed by atoms with Crippen molar-refractivity contribution in [2.45, 2.75) is 43.7 Å². The average molecular weight is 197 g/mol. The van der Waals surface area contributed by atoms with E-state index in [9.17, 15) is 4.79 Å². The first-order valence-electron chi connectivity index (χ1n) is 5.51. The number of rotatable bonds is 3. The molecule has 0 spiro atoms. The lowest BCUT2D eigenvalue weighted by molar-refractivity contribution is -0.124. The predicted molar refractivity (Wildman–Crippen MR) is 54.8 cm³/mol. The number of hydrogen-bond donors (Lipinski definition) is 3. The van der Waals surface area contributed by atoms with Crippen molar-refractivity contribution in [3.05, 3.63) is 0 Å². The third kappa shape index (κ3) is 1.77. The van der Waals surface area contributed by atoms with Crippen LogP contribution < -0.4 is 16.4 Å². The maximum atomic E-state index is 11.4. The molecule has 1 amide bonds. The smallest absolute Gasteiger partial charge is 0.239 e. The van der Waals surface area contributed by atoms with E-state index in [1.807, 2.05) is 0 Å². The van der Waals surface area contributed by atoms with Gasteiger partial charge in [-0.25, -0.2) is 0 Å². The van der Waals surface area contributed by atoms with E-state index < -0.39 is 5.54 Å². The quantitative estimate of drug-likeness (QED) is 0.584. The Bertz CT molecular complexity index is 217. The molecule has 2 aliphatic rings. The molecule has 0 aromatic carbocycles. The largest absolute Gasteiger partial charge is 0.368 e. The summed E-state index contributed by atoms with van der Waals surface area (Å²) in [7, 11) is 0. The summed E-state index contributed by atoms with van der Waals surface area (Å²) in [6.07, 6.45) is 5.77. The van der Waals surface area contributed by atoms with Crippen LogP contribution in [0.5, 0.6) is 0 Å². The van der Waals surface area contributed by atoms with Crippen LogP contribution >= 0.6 is 0 Å². The highest BCUT2D eigenvalue weighted by molar-refractivity contribution is 5.85. The summed E-state index contributed by atoms with van der Waals surface area (Å²) in [5, 5.41) is 6.66. The normalized spacial score (nSPS) is 33.7. The molecule has 14 heavy (non-hydrogen) atoms. The summed E-state index contributed by atoms with van der Waals surface area (Å²) < 4.78 is 0. The number of nitrogens with two attached hydrogens (primary N) is 1. The fraction of sp³-hybridized carbons (Fsp3) is 0.900. The molecule has 1 heterocycles. The monoisotopic (exact) mass is 197 g/mol. The molecule has 2 rings (SSSR count). The van der Waals surface area contributed by atoms with Gasteiger partial charge in [-0.15, -0.1) is 0 Å². The summed E-state index contributed by atoms with van der Waals surface area (Å²) in [5.74, 6) is -0.200. The van der Waals surface area contributed by atoms with Crippen molar-refractivity contribution >= 4 is 5.91 Å². The van der Waals surface area contributed by atoms with Gasteiger partial charge in [0.05, 0.1) is 0 Å². The Kier molecular flexibility index (Phi) is 2.74. The predicted octanol–water partition coefficient (Wildman–Crippen LogP) is -0.264. The second-order valence-corrected chi connectivity index (χ2v) is 4.50. The zero-order chi connectivity index (χ0) is 10.0. The Balaban J connectivity index is 1.99. The Morgan fingerprint density at radius 1 is 1.43 bits per heavy atom. The van der Waals surface area contributed by atoms with Crippen molar-refractivity contribution in [3.8, 4) is 0 Å². The minimum Gasteiger partial charge on any atom is -0.368 e. The van der Waals surface area contributed by atoms with Gasteiger partial charge in [0.1, 0.15) is 5.54 Å². The number of carbonyl (C=O) groups is 1. The summed E-state index contributed by atoms with van der Waals surface area (Å²) in [5.41, 5.74) is 5.01. The molecule has 4 nitrogen and oxygen atoms in total. The number of primary amides is 1. The van der Waals surface area contributed by atoms with Crippen LogP contribution in [0.15, 0.2) is 0 Å². The third-order valence-corrected chi connectivity index (χ3v) is 3.46. The SMILES string of the molecule is NC(=O)C1(NC2CCCC2)CCNC1. The van der Waals surface area contributed by atoms with Crippen LogP contribution in [-0.4, -0.2) is 30.6 Å². The Labute approximate surface area is 84.6 Å². The third-order valence-electron chi connectivity index (χ3n) is 3.46. The van der Waals surface area contributed by atoms with E-state index in [1.54, 1.807) is 0 Å². The van der Waals surface area contributed by atoms with Gasteiger partial charge in [-0.1, -0.05) is 12.8 Å². The molecule has 4 N–H and O–H groups in total. The molecule has 1 aliphatic carbocycles. The first-order chi connectivity index (χ1) is 6.73. The first kappa shape index (κ1) is 9.93. The Morgan fingerprint density at radius 3 is 2.64 bits per heavy atom. The lowest BCUT2D eigenvalue weighted by Crippen LogP contribution is -2.59. The molecule has 1 saturated carbocycles. The van der Waals surface area contributed by atoms with E-state index in [4.69, 9.17) is 5.73 Å². The molecule has 1 saturated heterocycles. The van der Waals surface area contributed by atoms with Crippen LogP contribution in [-0.2, 0) is 4.79 Å². The fourth-order valence-electron chi connectivity index (χ4n) is 2.56. The molecular weight excluding hydrogens is 178 g/mol. The van der Waals surface area contributed by atoms with Crippen molar-refractivity contribution in [2.24, 2.45) is 5.73 Å². The van der Waals surface area contributed by atoms with Gasteiger partial charge in [0.15, 0.2) is 0 Å². The van der Waals surface area contributed by atoms with E-state index in [0.29, 0.717) is 12.6 Å². The van der Waals surface area contributed by atoms with Crippen LogP contribution in [0.2, 0.25) is 0 Å². The van der Waals surface area contributed by atoms with Crippen molar-refractivity contribution < 1.29 is 4.79 Å². The number of carbonyl (C=O) groups excluding carboxylic acids is 1. The fourth-order valence-corrected chi connectivity index (χ4v) is 2.56. The second-order valence-electron chi connectivity index (χ2n) is 4.50. The minimum atomic E-state index is -0.463. The van der Waals surface area contributed by atoms with Gasteiger partial charge in [0.2, 0.25) is 5.91 Å². The van der Waals surface area contributed by atoms with Crippen molar-refractivity contribution in [1.82, 2.24) is 10.6 Å². The van der Waals surface area contributed by atoms with Gasteiger partial charge < -0.3 is 11.1 Å². The maximum Gasteiger partial charge on any atom is 0.239 e. The molecule has 0 radical (unpaired) electrons. The van der Waals surface area contributed by atoms with E-state index >= 15 is 0 Å². The molecule has 1 aliphatic heterocycles. The van der Waals surface area contributed by atoms with Gasteiger partial charge in [0, 0.05) is 12.6 Å². The van der Waals surface area contributed by atoms with Crippen LogP contribution in [0.3, 0.4) is 0 Å².